The summed E-state index contributed by atoms with van der Waals surface area (Å²) in [5, 5.41) is 9.16. The third kappa shape index (κ3) is 11.8. The van der Waals surface area contributed by atoms with Gasteiger partial charge in [0.25, 0.3) is 5.91 Å². The van der Waals surface area contributed by atoms with Crippen LogP contribution in [0.3, 0.4) is 0 Å². The molecule has 0 aliphatic heterocycles. The first-order chi connectivity index (χ1) is 18.2. The quantitative estimate of drug-likeness (QED) is 0.154. The molecule has 0 saturated heterocycles. The summed E-state index contributed by atoms with van der Waals surface area (Å²) >= 11 is 0. The van der Waals surface area contributed by atoms with E-state index in [0.717, 1.165) is 36.1 Å². The lowest BCUT2D eigenvalue weighted by atomic mass is 10.0. The molecular formula is C33H45N3O2. The van der Waals surface area contributed by atoms with Crippen molar-refractivity contribution in [1.29, 1.82) is 0 Å². The van der Waals surface area contributed by atoms with Crippen molar-refractivity contribution >= 4 is 17.3 Å². The maximum atomic E-state index is 12.4. The number of aryl methyl sites for hydroxylation is 2. The van der Waals surface area contributed by atoms with Crippen molar-refractivity contribution in [2.24, 2.45) is 4.99 Å². The first-order valence-electron chi connectivity index (χ1n) is 13.0. The van der Waals surface area contributed by atoms with Crippen molar-refractivity contribution in [1.82, 2.24) is 4.90 Å². The van der Waals surface area contributed by atoms with Gasteiger partial charge in [-0.05, 0) is 67.5 Å². The van der Waals surface area contributed by atoms with E-state index in [4.69, 9.17) is 10.8 Å². The molecule has 3 rings (SSSR count). The molecule has 204 valence electrons. The number of nitrogens with two attached hydrogens (primary N) is 1. The number of carbonyl (C=O) groups excluding carboxylic acids is 1. The molecule has 0 unspecified atom stereocenters. The Morgan fingerprint density at radius 1 is 0.947 bits per heavy atom. The number of rotatable bonds is 7. The second-order valence-electron chi connectivity index (χ2n) is 8.53. The number of hydrogen-bond donors (Lipinski definition) is 2. The Kier molecular flexibility index (Phi) is 17.1. The maximum absolute atomic E-state index is 12.4. The Hall–Kier alpha value is -4.04. The standard InChI is InChI=1S/C21H26N2O.C8H11NO.C2H6.C2H2/c1-4-14-23(21(24)17(2)22-3)16-20-12-10-19(11-13-20)15-18-8-6-5-7-9-18;1-5-3-6(2)8(9)7(10)4-5;2*1-2/h5-13H,4,14-16H2,1-3H3;3-4,10H,9H2,1-2H3;1-2H3;1-2H. The molecule has 0 aliphatic rings. The van der Waals surface area contributed by atoms with Crippen molar-refractivity contribution in [2.45, 2.75) is 60.9 Å². The van der Waals surface area contributed by atoms with Gasteiger partial charge in [0.1, 0.15) is 5.75 Å². The SMILES string of the molecule is C#C.CC.CCCN(Cc1ccc(Cc2ccccc2)cc1)C(=O)C(C)=NC.Cc1cc(C)c(N)c(O)c1. The largest absolute Gasteiger partial charge is 0.506 e. The number of anilines is 1. The van der Waals surface area contributed by atoms with Gasteiger partial charge < -0.3 is 15.7 Å². The molecule has 0 aromatic heterocycles. The van der Waals surface area contributed by atoms with E-state index < -0.39 is 0 Å². The second-order valence-corrected chi connectivity index (χ2v) is 8.53. The number of hydrogen-bond acceptors (Lipinski definition) is 4. The summed E-state index contributed by atoms with van der Waals surface area (Å²) in [7, 11) is 1.66. The Morgan fingerprint density at radius 2 is 1.47 bits per heavy atom. The average Bonchev–Trinajstić information content (AvgIpc) is 2.94. The molecule has 0 spiro atoms. The molecule has 0 radical (unpaired) electrons. The van der Waals surface area contributed by atoms with Gasteiger partial charge in [-0.1, -0.05) is 81.4 Å². The van der Waals surface area contributed by atoms with Gasteiger partial charge in [-0.25, -0.2) is 0 Å². The molecule has 1 amide bonds. The van der Waals surface area contributed by atoms with E-state index in [1.54, 1.807) is 20.0 Å². The lowest BCUT2D eigenvalue weighted by Crippen LogP contribution is -2.35. The van der Waals surface area contributed by atoms with Gasteiger partial charge in [-0.15, -0.1) is 12.8 Å². The van der Waals surface area contributed by atoms with Gasteiger partial charge in [0, 0.05) is 20.1 Å². The zero-order chi connectivity index (χ0) is 29.1. The highest BCUT2D eigenvalue weighted by Crippen LogP contribution is 2.24. The fourth-order valence-corrected chi connectivity index (χ4v) is 3.62. The number of aliphatic imine (C=N–C) groups is 1. The van der Waals surface area contributed by atoms with Crippen LogP contribution in [-0.2, 0) is 17.8 Å². The Balaban J connectivity index is 0.000000813. The Bertz CT molecular complexity index is 1110. The van der Waals surface area contributed by atoms with Crippen LogP contribution in [0, 0.1) is 26.7 Å². The fraction of sp³-hybridized carbons (Fsp3) is 0.333. The summed E-state index contributed by atoms with van der Waals surface area (Å²) in [6.07, 6.45) is 9.87. The third-order valence-corrected chi connectivity index (χ3v) is 5.58. The summed E-state index contributed by atoms with van der Waals surface area (Å²) in [5.41, 5.74) is 12.2. The third-order valence-electron chi connectivity index (χ3n) is 5.58. The number of carbonyl (C=O) groups is 1. The van der Waals surface area contributed by atoms with E-state index in [2.05, 4.69) is 73.3 Å². The highest BCUT2D eigenvalue weighted by atomic mass is 16.3. The lowest BCUT2D eigenvalue weighted by Gasteiger charge is -2.22. The number of phenolic OH excluding ortho intramolecular Hbond substituents is 1. The number of amides is 1. The molecule has 3 N–H and O–H groups in total. The molecule has 3 aromatic rings. The molecule has 0 fully saturated rings. The van der Waals surface area contributed by atoms with Gasteiger partial charge in [0.2, 0.25) is 0 Å². The molecule has 38 heavy (non-hydrogen) atoms. The van der Waals surface area contributed by atoms with Crippen molar-refractivity contribution < 1.29 is 9.90 Å². The first kappa shape index (κ1) is 34.0. The smallest absolute Gasteiger partial charge is 0.267 e. The zero-order valence-corrected chi connectivity index (χ0v) is 24.2. The van der Waals surface area contributed by atoms with Gasteiger partial charge in [0.15, 0.2) is 0 Å². The van der Waals surface area contributed by atoms with Gasteiger partial charge in [0.05, 0.1) is 11.4 Å². The van der Waals surface area contributed by atoms with Crippen LogP contribution in [-0.4, -0.2) is 35.2 Å². The molecule has 0 saturated carbocycles. The van der Waals surface area contributed by atoms with Crippen LogP contribution in [0.15, 0.2) is 71.7 Å². The molecule has 0 bridgehead atoms. The predicted molar refractivity (Wildman–Crippen MR) is 164 cm³/mol. The summed E-state index contributed by atoms with van der Waals surface area (Å²) in [6.45, 7) is 13.0. The minimum absolute atomic E-state index is 0.0210. The van der Waals surface area contributed by atoms with Crippen LogP contribution in [0.25, 0.3) is 0 Å². The van der Waals surface area contributed by atoms with Gasteiger partial charge in [-0.3, -0.25) is 9.79 Å². The van der Waals surface area contributed by atoms with Crippen molar-refractivity contribution in [3.05, 3.63) is 94.5 Å². The molecule has 0 heterocycles. The van der Waals surface area contributed by atoms with E-state index >= 15 is 0 Å². The number of terminal acetylenes is 1. The van der Waals surface area contributed by atoms with Crippen molar-refractivity contribution in [3.63, 3.8) is 0 Å². The second kappa shape index (κ2) is 19.1. The van der Waals surface area contributed by atoms with Gasteiger partial charge in [-0.2, -0.15) is 0 Å². The Morgan fingerprint density at radius 3 is 1.97 bits per heavy atom. The van der Waals surface area contributed by atoms with Crippen LogP contribution in [0.2, 0.25) is 0 Å². The van der Waals surface area contributed by atoms with E-state index in [-0.39, 0.29) is 11.7 Å². The number of aromatic hydroxyl groups is 1. The highest BCUT2D eigenvalue weighted by molar-refractivity contribution is 6.37. The maximum Gasteiger partial charge on any atom is 0.267 e. The minimum atomic E-state index is 0.0210. The van der Waals surface area contributed by atoms with Crippen LogP contribution in [0.4, 0.5) is 5.69 Å². The Labute approximate surface area is 230 Å². The van der Waals surface area contributed by atoms with Crippen LogP contribution < -0.4 is 5.73 Å². The summed E-state index contributed by atoms with van der Waals surface area (Å²) in [4.78, 5) is 18.3. The van der Waals surface area contributed by atoms with E-state index in [9.17, 15) is 4.79 Å². The molecule has 3 aromatic carbocycles. The summed E-state index contributed by atoms with van der Waals surface area (Å²) in [5.74, 6) is 0.199. The molecule has 0 atom stereocenters. The lowest BCUT2D eigenvalue weighted by molar-refractivity contribution is -0.124. The van der Waals surface area contributed by atoms with Crippen LogP contribution in [0.5, 0.6) is 5.75 Å². The van der Waals surface area contributed by atoms with E-state index in [0.29, 0.717) is 17.9 Å². The number of nitrogen functional groups attached to an aromatic ring is 1. The van der Waals surface area contributed by atoms with Crippen molar-refractivity contribution in [3.8, 4) is 18.6 Å². The highest BCUT2D eigenvalue weighted by Gasteiger charge is 2.15. The normalized spacial score (nSPS) is 9.97. The van der Waals surface area contributed by atoms with E-state index in [1.807, 2.05) is 44.7 Å². The monoisotopic (exact) mass is 515 g/mol. The number of nitrogens with zero attached hydrogens (tertiary/aromatic N) is 2. The topological polar surface area (TPSA) is 78.9 Å². The molecular weight excluding hydrogens is 470 g/mol. The molecule has 5 nitrogen and oxygen atoms in total. The van der Waals surface area contributed by atoms with Crippen molar-refractivity contribution in [2.75, 3.05) is 19.3 Å². The molecule has 0 aliphatic carbocycles. The number of benzene rings is 3. The first-order valence-corrected chi connectivity index (χ1v) is 13.0. The fourth-order valence-electron chi connectivity index (χ4n) is 3.62. The molecule has 5 heteroatoms. The number of phenols is 1. The minimum Gasteiger partial charge on any atom is -0.506 e. The predicted octanol–water partition coefficient (Wildman–Crippen LogP) is 6.97. The van der Waals surface area contributed by atoms with Gasteiger partial charge >= 0.3 is 0 Å². The zero-order valence-electron chi connectivity index (χ0n) is 24.2. The van der Waals surface area contributed by atoms with E-state index in [1.165, 1.54) is 11.1 Å². The van der Waals surface area contributed by atoms with Crippen LogP contribution in [0.1, 0.15) is 61.9 Å². The van der Waals surface area contributed by atoms with Crippen LogP contribution >= 0.6 is 0 Å². The summed E-state index contributed by atoms with van der Waals surface area (Å²) < 4.78 is 0. The average molecular weight is 516 g/mol. The summed E-state index contributed by atoms with van der Waals surface area (Å²) in [6, 6.07) is 22.6.